The number of hydrogen-bond donors (Lipinski definition) is 0. The molecule has 1 aromatic heterocycles. The summed E-state index contributed by atoms with van der Waals surface area (Å²) in [6.07, 6.45) is 5.21. The highest BCUT2D eigenvalue weighted by atomic mass is 16.5. The van der Waals surface area contributed by atoms with Crippen molar-refractivity contribution in [3.8, 4) is 0 Å². The number of ether oxygens (including phenoxy) is 1. The van der Waals surface area contributed by atoms with E-state index in [0.29, 0.717) is 17.9 Å². The first-order valence-electron chi connectivity index (χ1n) is 8.26. The fraction of sp³-hybridized carbons (Fsp3) is 0.778. The SMILES string of the molecule is CC(C)[C@@H](CCN(C)[C@H]1CCOC(C)(C)C1)c1ccco1. The molecule has 2 heterocycles. The van der Waals surface area contributed by atoms with Crippen molar-refractivity contribution in [1.82, 2.24) is 4.90 Å². The number of nitrogens with zero attached hydrogens (tertiary/aromatic N) is 1. The topological polar surface area (TPSA) is 25.6 Å². The molecule has 0 aromatic carbocycles. The molecule has 3 nitrogen and oxygen atoms in total. The smallest absolute Gasteiger partial charge is 0.107 e. The molecule has 2 rings (SSSR count). The summed E-state index contributed by atoms with van der Waals surface area (Å²) >= 11 is 0. The zero-order valence-electron chi connectivity index (χ0n) is 14.3. The van der Waals surface area contributed by atoms with Gasteiger partial charge in [0.1, 0.15) is 5.76 Å². The van der Waals surface area contributed by atoms with Crippen LogP contribution in [0.3, 0.4) is 0 Å². The van der Waals surface area contributed by atoms with Gasteiger partial charge in [-0.15, -0.1) is 0 Å². The Bertz CT molecular complexity index is 411. The second-order valence-corrected chi connectivity index (χ2v) is 7.39. The third-order valence-electron chi connectivity index (χ3n) is 4.80. The molecular weight excluding hydrogens is 262 g/mol. The Morgan fingerprint density at radius 1 is 1.38 bits per heavy atom. The van der Waals surface area contributed by atoms with Crippen LogP contribution >= 0.6 is 0 Å². The molecule has 120 valence electrons. The summed E-state index contributed by atoms with van der Waals surface area (Å²) in [6.45, 7) is 11.0. The van der Waals surface area contributed by atoms with E-state index in [1.807, 2.05) is 6.07 Å². The van der Waals surface area contributed by atoms with Crippen LogP contribution in [-0.4, -0.2) is 36.7 Å². The minimum Gasteiger partial charge on any atom is -0.469 e. The minimum atomic E-state index is 0.0234. The normalized spacial score (nSPS) is 23.7. The van der Waals surface area contributed by atoms with E-state index < -0.39 is 0 Å². The Balaban J connectivity index is 1.88. The molecule has 0 aliphatic carbocycles. The maximum atomic E-state index is 5.83. The quantitative estimate of drug-likeness (QED) is 0.782. The van der Waals surface area contributed by atoms with Gasteiger partial charge in [-0.2, -0.15) is 0 Å². The van der Waals surface area contributed by atoms with Gasteiger partial charge in [0.05, 0.1) is 11.9 Å². The van der Waals surface area contributed by atoms with Gasteiger partial charge < -0.3 is 14.1 Å². The predicted octanol–water partition coefficient (Wildman–Crippen LogP) is 4.30. The van der Waals surface area contributed by atoms with Crippen molar-refractivity contribution in [2.45, 2.75) is 64.5 Å². The van der Waals surface area contributed by atoms with Crippen molar-refractivity contribution in [3.05, 3.63) is 24.2 Å². The molecule has 1 aliphatic heterocycles. The van der Waals surface area contributed by atoms with Gasteiger partial charge in [0.25, 0.3) is 0 Å². The summed E-state index contributed by atoms with van der Waals surface area (Å²) in [5, 5.41) is 0. The molecule has 0 amide bonds. The van der Waals surface area contributed by atoms with Crippen molar-refractivity contribution in [1.29, 1.82) is 0 Å². The first-order chi connectivity index (χ1) is 9.89. The lowest BCUT2D eigenvalue weighted by atomic mass is 9.89. The van der Waals surface area contributed by atoms with E-state index >= 15 is 0 Å². The summed E-state index contributed by atoms with van der Waals surface area (Å²) in [4.78, 5) is 2.52. The average Bonchev–Trinajstić information content (AvgIpc) is 2.91. The van der Waals surface area contributed by atoms with Crippen LogP contribution in [0.4, 0.5) is 0 Å². The minimum absolute atomic E-state index is 0.0234. The van der Waals surface area contributed by atoms with Gasteiger partial charge in [-0.25, -0.2) is 0 Å². The highest BCUT2D eigenvalue weighted by Gasteiger charge is 2.31. The van der Waals surface area contributed by atoms with Gasteiger partial charge in [0.15, 0.2) is 0 Å². The average molecular weight is 293 g/mol. The number of hydrogen-bond acceptors (Lipinski definition) is 3. The molecule has 3 heteroatoms. The highest BCUT2D eigenvalue weighted by Crippen LogP contribution is 2.30. The van der Waals surface area contributed by atoms with Crippen LogP contribution < -0.4 is 0 Å². The van der Waals surface area contributed by atoms with Crippen molar-refractivity contribution < 1.29 is 9.15 Å². The second kappa shape index (κ2) is 6.97. The molecule has 0 spiro atoms. The molecule has 0 N–H and O–H groups in total. The lowest BCUT2D eigenvalue weighted by Gasteiger charge is -2.40. The van der Waals surface area contributed by atoms with E-state index in [1.165, 1.54) is 0 Å². The second-order valence-electron chi connectivity index (χ2n) is 7.39. The van der Waals surface area contributed by atoms with E-state index in [1.54, 1.807) is 6.26 Å². The molecule has 0 bridgehead atoms. The molecule has 1 aromatic rings. The Labute approximate surface area is 129 Å². The van der Waals surface area contributed by atoms with Gasteiger partial charge in [-0.05, 0) is 64.8 Å². The third-order valence-corrected chi connectivity index (χ3v) is 4.80. The summed E-state index contributed by atoms with van der Waals surface area (Å²) in [5.41, 5.74) is 0.0234. The van der Waals surface area contributed by atoms with E-state index in [9.17, 15) is 0 Å². The van der Waals surface area contributed by atoms with Crippen LogP contribution in [0.1, 0.15) is 58.6 Å². The maximum Gasteiger partial charge on any atom is 0.107 e. The van der Waals surface area contributed by atoms with Crippen LogP contribution in [0.25, 0.3) is 0 Å². The Morgan fingerprint density at radius 3 is 2.71 bits per heavy atom. The van der Waals surface area contributed by atoms with Crippen LogP contribution in [0.2, 0.25) is 0 Å². The van der Waals surface area contributed by atoms with Crippen LogP contribution in [-0.2, 0) is 4.74 Å². The van der Waals surface area contributed by atoms with Gasteiger partial charge in [-0.1, -0.05) is 13.8 Å². The standard InChI is InChI=1S/C18H31NO2/c1-14(2)16(17-7-6-11-20-17)8-10-19(5)15-9-12-21-18(3,4)13-15/h6-7,11,14-16H,8-10,12-13H2,1-5H3/t15-,16+/m0/s1. The summed E-state index contributed by atoms with van der Waals surface area (Å²) in [7, 11) is 2.26. The van der Waals surface area contributed by atoms with E-state index in [4.69, 9.17) is 9.15 Å². The fourth-order valence-electron chi connectivity index (χ4n) is 3.41. The predicted molar refractivity (Wildman–Crippen MR) is 86.6 cm³/mol. The first-order valence-corrected chi connectivity index (χ1v) is 8.26. The maximum absolute atomic E-state index is 5.83. The lowest BCUT2D eigenvalue weighted by molar-refractivity contribution is -0.0802. The first kappa shape index (κ1) is 16.6. The molecule has 0 unspecified atom stereocenters. The fourth-order valence-corrected chi connectivity index (χ4v) is 3.41. The van der Waals surface area contributed by atoms with Gasteiger partial charge in [-0.3, -0.25) is 0 Å². The summed E-state index contributed by atoms with van der Waals surface area (Å²) in [5.74, 6) is 2.25. The Morgan fingerprint density at radius 2 is 2.14 bits per heavy atom. The molecule has 1 aliphatic rings. The number of furan rings is 1. The molecule has 1 fully saturated rings. The highest BCUT2D eigenvalue weighted by molar-refractivity contribution is 5.06. The largest absolute Gasteiger partial charge is 0.469 e. The van der Waals surface area contributed by atoms with Crippen molar-refractivity contribution in [3.63, 3.8) is 0 Å². The van der Waals surface area contributed by atoms with E-state index in [2.05, 4.69) is 45.7 Å². The van der Waals surface area contributed by atoms with Gasteiger partial charge >= 0.3 is 0 Å². The van der Waals surface area contributed by atoms with Gasteiger partial charge in [0.2, 0.25) is 0 Å². The van der Waals surface area contributed by atoms with Crippen molar-refractivity contribution in [2.75, 3.05) is 20.2 Å². The third kappa shape index (κ3) is 4.58. The monoisotopic (exact) mass is 293 g/mol. The van der Waals surface area contributed by atoms with Crippen LogP contribution in [0, 0.1) is 5.92 Å². The zero-order chi connectivity index (χ0) is 15.5. The van der Waals surface area contributed by atoms with Crippen molar-refractivity contribution >= 4 is 0 Å². The molecule has 0 radical (unpaired) electrons. The molecule has 1 saturated heterocycles. The zero-order valence-corrected chi connectivity index (χ0v) is 14.3. The van der Waals surface area contributed by atoms with Gasteiger partial charge in [0, 0.05) is 18.6 Å². The van der Waals surface area contributed by atoms with Crippen molar-refractivity contribution in [2.24, 2.45) is 5.92 Å². The molecular formula is C18H31NO2. The number of rotatable bonds is 6. The van der Waals surface area contributed by atoms with E-state index in [0.717, 1.165) is 38.2 Å². The molecule has 0 saturated carbocycles. The lowest BCUT2D eigenvalue weighted by Crippen LogP contribution is -2.45. The van der Waals surface area contributed by atoms with Crippen LogP contribution in [0.5, 0.6) is 0 Å². The Kier molecular flexibility index (Phi) is 5.50. The van der Waals surface area contributed by atoms with Crippen LogP contribution in [0.15, 0.2) is 22.8 Å². The summed E-state index contributed by atoms with van der Waals surface area (Å²) in [6, 6.07) is 4.75. The molecule has 21 heavy (non-hydrogen) atoms. The molecule has 2 atom stereocenters. The Hall–Kier alpha value is -0.800. The summed E-state index contributed by atoms with van der Waals surface area (Å²) < 4.78 is 11.5. The van der Waals surface area contributed by atoms with E-state index in [-0.39, 0.29) is 5.60 Å².